The summed E-state index contributed by atoms with van der Waals surface area (Å²) in [5.41, 5.74) is 8.16. The minimum absolute atomic E-state index is 0.250. The van der Waals surface area contributed by atoms with Crippen LogP contribution >= 0.6 is 0 Å². The normalized spacial score (nSPS) is 10.5. The Labute approximate surface area is 177 Å². The summed E-state index contributed by atoms with van der Waals surface area (Å²) in [5, 5.41) is 4.53. The molecule has 154 valence electrons. The first kappa shape index (κ1) is 20.0. The van der Waals surface area contributed by atoms with Gasteiger partial charge in [0.05, 0.1) is 16.8 Å². The van der Waals surface area contributed by atoms with Crippen molar-refractivity contribution in [3.05, 3.63) is 102 Å². The molecule has 0 radical (unpaired) electrons. The van der Waals surface area contributed by atoms with Crippen LogP contribution in [0.25, 0.3) is 16.9 Å². The molecule has 0 fully saturated rings. The molecule has 0 aliphatic heterocycles. The van der Waals surface area contributed by atoms with E-state index in [-0.39, 0.29) is 11.4 Å². The number of nitrogens with one attached hydrogen (secondary N) is 2. The smallest absolute Gasteiger partial charge is 0.267 e. The van der Waals surface area contributed by atoms with Gasteiger partial charge in [0.15, 0.2) is 0 Å². The fourth-order valence-corrected chi connectivity index (χ4v) is 2.94. The summed E-state index contributed by atoms with van der Waals surface area (Å²) in [5.74, 6) is -1.41. The SMILES string of the molecule is Cc1ccc(-c2nn(-c3ccc(F)cc3)cc2C(=O)NNC(=O)c2cccnc2)cc1. The summed E-state index contributed by atoms with van der Waals surface area (Å²) in [6.45, 7) is 1.96. The van der Waals surface area contributed by atoms with E-state index in [1.165, 1.54) is 29.2 Å². The first-order valence-corrected chi connectivity index (χ1v) is 9.44. The average molecular weight is 415 g/mol. The van der Waals surface area contributed by atoms with Crippen molar-refractivity contribution in [2.75, 3.05) is 0 Å². The van der Waals surface area contributed by atoms with Crippen LogP contribution in [0.15, 0.2) is 79.3 Å². The zero-order valence-corrected chi connectivity index (χ0v) is 16.5. The fraction of sp³-hybridized carbons (Fsp3) is 0.0435. The molecule has 7 nitrogen and oxygen atoms in total. The van der Waals surface area contributed by atoms with Gasteiger partial charge in [-0.15, -0.1) is 0 Å². The van der Waals surface area contributed by atoms with Crippen LogP contribution in [-0.2, 0) is 0 Å². The maximum Gasteiger partial charge on any atom is 0.273 e. The number of nitrogens with zero attached hydrogens (tertiary/aromatic N) is 3. The van der Waals surface area contributed by atoms with Gasteiger partial charge >= 0.3 is 0 Å². The van der Waals surface area contributed by atoms with E-state index in [1.807, 2.05) is 31.2 Å². The van der Waals surface area contributed by atoms with Gasteiger partial charge < -0.3 is 0 Å². The van der Waals surface area contributed by atoms with E-state index in [4.69, 9.17) is 0 Å². The van der Waals surface area contributed by atoms with Crippen LogP contribution in [0.1, 0.15) is 26.3 Å². The van der Waals surface area contributed by atoms with E-state index >= 15 is 0 Å². The maximum absolute atomic E-state index is 13.3. The Hall–Kier alpha value is -4.33. The summed E-state index contributed by atoms with van der Waals surface area (Å²) in [6, 6.07) is 16.5. The highest BCUT2D eigenvalue weighted by Crippen LogP contribution is 2.24. The molecular weight excluding hydrogens is 397 g/mol. The summed E-state index contributed by atoms with van der Waals surface area (Å²) in [4.78, 5) is 29.0. The highest BCUT2D eigenvalue weighted by molar-refractivity contribution is 6.02. The Morgan fingerprint density at radius 1 is 0.935 bits per heavy atom. The average Bonchev–Trinajstić information content (AvgIpc) is 3.24. The number of carbonyl (C=O) groups excluding carboxylic acids is 2. The third kappa shape index (κ3) is 4.48. The van der Waals surface area contributed by atoms with Crippen LogP contribution in [0.3, 0.4) is 0 Å². The van der Waals surface area contributed by atoms with Crippen molar-refractivity contribution in [3.63, 3.8) is 0 Å². The van der Waals surface area contributed by atoms with E-state index < -0.39 is 11.8 Å². The number of hydrogen-bond donors (Lipinski definition) is 2. The summed E-state index contributed by atoms with van der Waals surface area (Å²) < 4.78 is 14.8. The van der Waals surface area contributed by atoms with E-state index in [2.05, 4.69) is 20.9 Å². The highest BCUT2D eigenvalue weighted by Gasteiger charge is 2.19. The number of hydrogen-bond acceptors (Lipinski definition) is 4. The fourth-order valence-electron chi connectivity index (χ4n) is 2.94. The van der Waals surface area contributed by atoms with Crippen molar-refractivity contribution in [3.8, 4) is 16.9 Å². The third-order valence-electron chi connectivity index (χ3n) is 4.59. The van der Waals surface area contributed by atoms with Gasteiger partial charge in [0.25, 0.3) is 11.8 Å². The first-order valence-electron chi connectivity index (χ1n) is 9.44. The molecule has 4 rings (SSSR count). The number of aromatic nitrogens is 3. The van der Waals surface area contributed by atoms with Gasteiger partial charge in [-0.1, -0.05) is 29.8 Å². The number of hydrazine groups is 1. The van der Waals surface area contributed by atoms with Crippen molar-refractivity contribution in [1.29, 1.82) is 0 Å². The van der Waals surface area contributed by atoms with Crippen LogP contribution in [0.4, 0.5) is 4.39 Å². The molecule has 2 aromatic carbocycles. The molecule has 0 saturated heterocycles. The summed E-state index contributed by atoms with van der Waals surface area (Å²) in [7, 11) is 0. The van der Waals surface area contributed by atoms with Gasteiger partial charge in [0.2, 0.25) is 0 Å². The number of amides is 2. The topological polar surface area (TPSA) is 88.9 Å². The first-order chi connectivity index (χ1) is 15.0. The lowest BCUT2D eigenvalue weighted by molar-refractivity contribution is 0.0847. The van der Waals surface area contributed by atoms with Crippen LogP contribution < -0.4 is 10.9 Å². The van der Waals surface area contributed by atoms with Gasteiger partial charge in [0.1, 0.15) is 11.5 Å². The minimum atomic E-state index is -0.541. The molecule has 0 atom stereocenters. The van der Waals surface area contributed by atoms with Crippen molar-refractivity contribution in [2.45, 2.75) is 6.92 Å². The summed E-state index contributed by atoms with van der Waals surface area (Å²) >= 11 is 0. The molecule has 0 saturated carbocycles. The van der Waals surface area contributed by atoms with Crippen LogP contribution in [0.5, 0.6) is 0 Å². The van der Waals surface area contributed by atoms with E-state index in [0.717, 1.165) is 11.1 Å². The Morgan fingerprint density at radius 2 is 1.65 bits per heavy atom. The van der Waals surface area contributed by atoms with E-state index in [0.29, 0.717) is 16.9 Å². The van der Waals surface area contributed by atoms with E-state index in [9.17, 15) is 14.0 Å². The van der Waals surface area contributed by atoms with Crippen LogP contribution in [0, 0.1) is 12.7 Å². The van der Waals surface area contributed by atoms with Gasteiger partial charge in [-0.3, -0.25) is 25.4 Å². The molecule has 0 aliphatic rings. The second kappa shape index (κ2) is 8.58. The van der Waals surface area contributed by atoms with Gasteiger partial charge in [-0.2, -0.15) is 5.10 Å². The molecule has 2 amide bonds. The third-order valence-corrected chi connectivity index (χ3v) is 4.59. The second-order valence-electron chi connectivity index (χ2n) is 6.83. The molecule has 2 heterocycles. The molecule has 0 spiro atoms. The predicted octanol–water partition coefficient (Wildman–Crippen LogP) is 3.46. The molecule has 8 heteroatoms. The Bertz CT molecular complexity index is 1220. The number of carbonyl (C=O) groups is 2. The number of pyridine rings is 1. The molecule has 2 aromatic heterocycles. The van der Waals surface area contributed by atoms with Crippen molar-refractivity contribution in [1.82, 2.24) is 25.6 Å². The molecule has 31 heavy (non-hydrogen) atoms. The number of rotatable bonds is 4. The quantitative estimate of drug-likeness (QED) is 0.500. The molecule has 0 unspecified atom stereocenters. The monoisotopic (exact) mass is 415 g/mol. The predicted molar refractivity (Wildman–Crippen MR) is 113 cm³/mol. The highest BCUT2D eigenvalue weighted by atomic mass is 19.1. The summed E-state index contributed by atoms with van der Waals surface area (Å²) in [6.07, 6.45) is 4.48. The lowest BCUT2D eigenvalue weighted by Gasteiger charge is -2.07. The van der Waals surface area contributed by atoms with Crippen molar-refractivity contribution >= 4 is 11.8 Å². The lowest BCUT2D eigenvalue weighted by Crippen LogP contribution is -2.41. The van der Waals surface area contributed by atoms with Crippen LogP contribution in [-0.4, -0.2) is 26.6 Å². The molecule has 4 aromatic rings. The molecular formula is C23H18FN5O2. The number of aryl methyl sites for hydroxylation is 1. The molecule has 0 aliphatic carbocycles. The Morgan fingerprint density at radius 3 is 2.32 bits per heavy atom. The van der Waals surface area contributed by atoms with Crippen LogP contribution in [0.2, 0.25) is 0 Å². The van der Waals surface area contributed by atoms with E-state index in [1.54, 1.807) is 30.5 Å². The Balaban J connectivity index is 1.64. The standard InChI is InChI=1S/C23H18FN5O2/c1-15-4-6-16(7-5-15)21-20(14-29(28-21)19-10-8-18(24)9-11-19)23(31)27-26-22(30)17-3-2-12-25-13-17/h2-14H,1H3,(H,26,30)(H,27,31). The zero-order chi connectivity index (χ0) is 21.8. The Kier molecular flexibility index (Phi) is 5.53. The van der Waals surface area contributed by atoms with Crippen molar-refractivity contribution in [2.24, 2.45) is 0 Å². The maximum atomic E-state index is 13.3. The molecule has 0 bridgehead atoms. The minimum Gasteiger partial charge on any atom is -0.267 e. The molecule has 2 N–H and O–H groups in total. The number of benzene rings is 2. The van der Waals surface area contributed by atoms with Gasteiger partial charge in [-0.05, 0) is 43.3 Å². The lowest BCUT2D eigenvalue weighted by atomic mass is 10.1. The van der Waals surface area contributed by atoms with Crippen molar-refractivity contribution < 1.29 is 14.0 Å². The zero-order valence-electron chi connectivity index (χ0n) is 16.5. The largest absolute Gasteiger partial charge is 0.273 e. The van der Waals surface area contributed by atoms with Gasteiger partial charge in [-0.25, -0.2) is 9.07 Å². The second-order valence-corrected chi connectivity index (χ2v) is 6.83. The number of halogens is 1. The van der Waals surface area contributed by atoms with Gasteiger partial charge in [0, 0.05) is 24.2 Å².